The van der Waals surface area contributed by atoms with Crippen LogP contribution in [-0.2, 0) is 12.8 Å². The zero-order valence-corrected chi connectivity index (χ0v) is 31.6. The van der Waals surface area contributed by atoms with E-state index in [1.807, 2.05) is 97.1 Å². The van der Waals surface area contributed by atoms with E-state index in [1.165, 1.54) is 0 Å². The number of aryl methyl sites for hydroxylation is 2. The zero-order valence-electron chi connectivity index (χ0n) is 29.6. The van der Waals surface area contributed by atoms with Crippen LogP contribution in [0.5, 0.6) is 28.7 Å². The Labute approximate surface area is 313 Å². The second-order valence-corrected chi connectivity index (χ2v) is 13.8. The third-order valence-electron chi connectivity index (χ3n) is 8.95. The first kappa shape index (κ1) is 36.0. The maximum atomic E-state index is 14.2. The summed E-state index contributed by atoms with van der Waals surface area (Å²) >= 11 is 0. The van der Waals surface area contributed by atoms with Gasteiger partial charge < -0.3 is 23.3 Å². The molecule has 0 aromatic heterocycles. The number of benzene rings is 7. The largest absolute Gasteiger partial charge is 0.485 e. The standard InChI is InChI=1S/C45H40O6P2/c1-3-31-16-10-14-24-39(31)50-52-29-47-41-27-26-33-18-8-12-22-36(33)42(41)43-37-23-13-9-19-34(37)28-38(45(46)49-35-20-6-5-7-21-35)44(43)48-30-53-51-40-25-15-11-17-32(40)4-2/h5-28,52-53H,3-4,29-30H2,1-2H3. The number of carbonyl (C=O) groups excluding carboxylic acids is 1. The van der Waals surface area contributed by atoms with Crippen molar-refractivity contribution < 1.29 is 28.1 Å². The lowest BCUT2D eigenvalue weighted by atomic mass is 9.90. The third kappa shape index (κ3) is 8.31. The summed E-state index contributed by atoms with van der Waals surface area (Å²) in [7, 11) is 0.0352. The molecule has 0 heterocycles. The van der Waals surface area contributed by atoms with Crippen molar-refractivity contribution in [3.05, 3.63) is 162 Å². The number of esters is 1. The molecule has 53 heavy (non-hydrogen) atoms. The highest BCUT2D eigenvalue weighted by Gasteiger charge is 2.26. The van der Waals surface area contributed by atoms with Crippen molar-refractivity contribution in [3.8, 4) is 39.9 Å². The van der Waals surface area contributed by atoms with Gasteiger partial charge in [0.25, 0.3) is 0 Å². The first-order chi connectivity index (χ1) is 26.1. The van der Waals surface area contributed by atoms with Gasteiger partial charge in [-0.1, -0.05) is 123 Å². The summed E-state index contributed by atoms with van der Waals surface area (Å²) in [6, 6.07) is 47.3. The molecule has 0 N–H and O–H groups in total. The third-order valence-corrected chi connectivity index (χ3v) is 10.2. The molecule has 0 aliphatic rings. The van der Waals surface area contributed by atoms with E-state index < -0.39 is 5.97 Å². The van der Waals surface area contributed by atoms with Crippen LogP contribution in [0.1, 0.15) is 35.3 Å². The van der Waals surface area contributed by atoms with Gasteiger partial charge in [-0.05, 0) is 81.9 Å². The summed E-state index contributed by atoms with van der Waals surface area (Å²) in [5.41, 5.74) is 4.15. The summed E-state index contributed by atoms with van der Waals surface area (Å²) < 4.78 is 31.7. The van der Waals surface area contributed by atoms with E-state index in [2.05, 4.69) is 50.2 Å². The molecule has 266 valence electrons. The SMILES string of the molecule is CCc1ccccc1OPCOc1ccc2ccccc2c1-c1c(OCPOc2ccccc2CC)c(C(=O)Oc2ccccc2)cc2ccccc12. The first-order valence-electron chi connectivity index (χ1n) is 17.7. The molecule has 0 fully saturated rings. The average Bonchev–Trinajstić information content (AvgIpc) is 3.21. The Hall–Kier alpha value is -5.41. The maximum Gasteiger partial charge on any atom is 0.347 e. The molecule has 0 radical (unpaired) electrons. The minimum absolute atomic E-state index is 0.0285. The molecule has 2 atom stereocenters. The summed E-state index contributed by atoms with van der Waals surface area (Å²) in [4.78, 5) is 14.2. The number of ether oxygens (including phenoxy) is 3. The van der Waals surface area contributed by atoms with Crippen LogP contribution in [0.25, 0.3) is 32.7 Å². The normalized spacial score (nSPS) is 11.4. The second kappa shape index (κ2) is 17.4. The summed E-state index contributed by atoms with van der Waals surface area (Å²) in [6.07, 6.45) is 2.28. The molecule has 7 aromatic rings. The predicted molar refractivity (Wildman–Crippen MR) is 219 cm³/mol. The molecular weight excluding hydrogens is 698 g/mol. The molecule has 7 rings (SSSR count). The molecule has 0 saturated carbocycles. The molecule has 0 saturated heterocycles. The minimum atomic E-state index is -0.522. The maximum absolute atomic E-state index is 14.2. The number of para-hydroxylation sites is 3. The highest BCUT2D eigenvalue weighted by Crippen LogP contribution is 2.48. The Morgan fingerprint density at radius 3 is 1.74 bits per heavy atom. The molecule has 2 unspecified atom stereocenters. The summed E-state index contributed by atoms with van der Waals surface area (Å²) in [5.74, 6) is 2.68. The second-order valence-electron chi connectivity index (χ2n) is 12.2. The van der Waals surface area contributed by atoms with Crippen LogP contribution in [-0.4, -0.2) is 18.7 Å². The van der Waals surface area contributed by atoms with Crippen LogP contribution >= 0.6 is 17.6 Å². The van der Waals surface area contributed by atoms with E-state index in [1.54, 1.807) is 12.1 Å². The van der Waals surface area contributed by atoms with Gasteiger partial charge in [-0.2, -0.15) is 0 Å². The van der Waals surface area contributed by atoms with Gasteiger partial charge in [-0.15, -0.1) is 0 Å². The fraction of sp³-hybridized carbons (Fsp3) is 0.133. The molecular formula is C45H40O6P2. The van der Waals surface area contributed by atoms with E-state index in [0.717, 1.165) is 68.1 Å². The average molecular weight is 739 g/mol. The molecule has 0 aliphatic carbocycles. The smallest absolute Gasteiger partial charge is 0.347 e. The summed E-state index contributed by atoms with van der Waals surface area (Å²) in [6.45, 7) is 4.22. The zero-order chi connectivity index (χ0) is 36.4. The van der Waals surface area contributed by atoms with Gasteiger partial charge in [0, 0.05) is 11.1 Å². The highest BCUT2D eigenvalue weighted by atomic mass is 31.1. The number of rotatable bonds is 15. The van der Waals surface area contributed by atoms with Crippen molar-refractivity contribution in [2.75, 3.05) is 12.7 Å². The van der Waals surface area contributed by atoms with Crippen molar-refractivity contribution in [2.24, 2.45) is 0 Å². The number of carbonyl (C=O) groups is 1. The van der Waals surface area contributed by atoms with Crippen LogP contribution in [0.15, 0.2) is 146 Å². The van der Waals surface area contributed by atoms with Crippen molar-refractivity contribution >= 4 is 45.1 Å². The van der Waals surface area contributed by atoms with Crippen LogP contribution in [0.4, 0.5) is 0 Å². The lowest BCUT2D eigenvalue weighted by molar-refractivity contribution is 0.0731. The van der Waals surface area contributed by atoms with Gasteiger partial charge in [0.2, 0.25) is 0 Å². The van der Waals surface area contributed by atoms with Crippen LogP contribution in [0.3, 0.4) is 0 Å². The van der Waals surface area contributed by atoms with Crippen molar-refractivity contribution in [1.82, 2.24) is 0 Å². The molecule has 8 heteroatoms. The van der Waals surface area contributed by atoms with E-state index in [0.29, 0.717) is 29.2 Å². The molecule has 7 aromatic carbocycles. The van der Waals surface area contributed by atoms with Crippen molar-refractivity contribution in [3.63, 3.8) is 0 Å². The topological polar surface area (TPSA) is 63.2 Å². The quantitative estimate of drug-likeness (QED) is 0.0452. The molecule has 0 amide bonds. The van der Waals surface area contributed by atoms with Crippen LogP contribution < -0.4 is 23.3 Å². The van der Waals surface area contributed by atoms with Crippen molar-refractivity contribution in [2.45, 2.75) is 26.7 Å². The van der Waals surface area contributed by atoms with Gasteiger partial charge in [-0.25, -0.2) is 4.79 Å². The van der Waals surface area contributed by atoms with Crippen molar-refractivity contribution in [1.29, 1.82) is 0 Å². The number of hydrogen-bond donors (Lipinski definition) is 0. The monoisotopic (exact) mass is 738 g/mol. The molecule has 0 spiro atoms. The fourth-order valence-corrected chi connectivity index (χ4v) is 7.62. The number of fused-ring (bicyclic) bond motifs is 2. The lowest BCUT2D eigenvalue weighted by Gasteiger charge is -2.22. The van der Waals surface area contributed by atoms with E-state index >= 15 is 0 Å². The lowest BCUT2D eigenvalue weighted by Crippen LogP contribution is -2.12. The van der Waals surface area contributed by atoms with Crippen LogP contribution in [0, 0.1) is 0 Å². The molecule has 0 aliphatic heterocycles. The van der Waals surface area contributed by atoms with E-state index in [4.69, 9.17) is 23.3 Å². The Balaban J connectivity index is 1.32. The first-order valence-corrected chi connectivity index (χ1v) is 19.9. The predicted octanol–water partition coefficient (Wildman–Crippen LogP) is 12.0. The van der Waals surface area contributed by atoms with E-state index in [9.17, 15) is 4.79 Å². The molecule has 6 nitrogen and oxygen atoms in total. The Morgan fingerprint density at radius 2 is 1.08 bits per heavy atom. The van der Waals surface area contributed by atoms with Gasteiger partial charge in [0.15, 0.2) is 0 Å². The Morgan fingerprint density at radius 1 is 0.528 bits per heavy atom. The van der Waals surface area contributed by atoms with Gasteiger partial charge in [0.1, 0.15) is 64.6 Å². The van der Waals surface area contributed by atoms with E-state index in [-0.39, 0.29) is 24.0 Å². The summed E-state index contributed by atoms with van der Waals surface area (Å²) in [5, 5.41) is 3.77. The van der Waals surface area contributed by atoms with Gasteiger partial charge in [-0.3, -0.25) is 0 Å². The molecule has 0 bridgehead atoms. The fourth-order valence-electron chi connectivity index (χ4n) is 6.37. The number of hydrogen-bond acceptors (Lipinski definition) is 6. The van der Waals surface area contributed by atoms with Crippen LogP contribution in [0.2, 0.25) is 0 Å². The Kier molecular flexibility index (Phi) is 11.8. The highest BCUT2D eigenvalue weighted by molar-refractivity contribution is 7.32. The Bertz CT molecular complexity index is 2340. The van der Waals surface area contributed by atoms with Gasteiger partial charge >= 0.3 is 5.97 Å². The minimum Gasteiger partial charge on any atom is -0.485 e. The van der Waals surface area contributed by atoms with Gasteiger partial charge in [0.05, 0.1) is 0 Å².